The Bertz CT molecular complexity index is 1010. The Kier molecular flexibility index (Phi) is 3.97. The number of benzene rings is 1. The summed E-state index contributed by atoms with van der Waals surface area (Å²) in [7, 11) is 1.45. The van der Waals surface area contributed by atoms with Gasteiger partial charge in [-0.2, -0.15) is 5.10 Å². The Labute approximate surface area is 144 Å². The van der Waals surface area contributed by atoms with Crippen molar-refractivity contribution in [1.29, 1.82) is 0 Å². The molecule has 6 heteroatoms. The van der Waals surface area contributed by atoms with E-state index in [1.807, 2.05) is 42.6 Å². The first-order valence-electron chi connectivity index (χ1n) is 7.83. The van der Waals surface area contributed by atoms with Crippen LogP contribution in [-0.4, -0.2) is 31.8 Å². The molecule has 124 valence electrons. The summed E-state index contributed by atoms with van der Waals surface area (Å²) in [6, 6.07) is 15.4. The number of ether oxygens (including phenoxy) is 1. The lowest BCUT2D eigenvalue weighted by molar-refractivity contribution is -0.0769. The minimum absolute atomic E-state index is 0.631. The van der Waals surface area contributed by atoms with E-state index in [4.69, 9.17) is 9.72 Å². The van der Waals surface area contributed by atoms with Crippen molar-refractivity contribution >= 4 is 5.65 Å². The van der Waals surface area contributed by atoms with Gasteiger partial charge in [-0.25, -0.2) is 9.50 Å². The van der Waals surface area contributed by atoms with Crippen LogP contribution in [0.4, 0.5) is 0 Å². The van der Waals surface area contributed by atoms with Gasteiger partial charge in [0.05, 0.1) is 23.1 Å². The minimum Gasteiger partial charge on any atom is -0.364 e. The molecule has 0 aliphatic heterocycles. The third-order valence-electron chi connectivity index (χ3n) is 4.01. The van der Waals surface area contributed by atoms with Crippen molar-refractivity contribution in [3.8, 4) is 22.5 Å². The van der Waals surface area contributed by atoms with Crippen LogP contribution in [0.3, 0.4) is 0 Å². The van der Waals surface area contributed by atoms with Crippen LogP contribution < -0.4 is 0 Å². The summed E-state index contributed by atoms with van der Waals surface area (Å²) >= 11 is 0. The highest BCUT2D eigenvalue weighted by Crippen LogP contribution is 2.26. The molecule has 4 rings (SSSR count). The molecule has 4 aromatic rings. The quantitative estimate of drug-likeness (QED) is 0.581. The fraction of sp³-hybridized carbons (Fsp3) is 0.105. The maximum absolute atomic E-state index is 9.87. The minimum atomic E-state index is -0.989. The van der Waals surface area contributed by atoms with Gasteiger partial charge in [0, 0.05) is 30.6 Å². The maximum Gasteiger partial charge on any atom is 0.180 e. The lowest BCUT2D eigenvalue weighted by atomic mass is 10.1. The Morgan fingerprint density at radius 1 is 1.08 bits per heavy atom. The summed E-state index contributed by atoms with van der Waals surface area (Å²) in [5, 5.41) is 14.2. The van der Waals surface area contributed by atoms with Crippen LogP contribution in [0.25, 0.3) is 28.2 Å². The first-order valence-corrected chi connectivity index (χ1v) is 7.83. The zero-order valence-corrected chi connectivity index (χ0v) is 13.6. The molecule has 3 aromatic heterocycles. The Morgan fingerprint density at radius 2 is 1.92 bits per heavy atom. The molecule has 25 heavy (non-hydrogen) atoms. The number of fused-ring (bicyclic) bond motifs is 1. The molecule has 0 aliphatic rings. The van der Waals surface area contributed by atoms with E-state index in [-0.39, 0.29) is 0 Å². The van der Waals surface area contributed by atoms with Gasteiger partial charge in [0.15, 0.2) is 11.9 Å². The van der Waals surface area contributed by atoms with Crippen LogP contribution in [-0.2, 0) is 4.74 Å². The molecule has 0 fully saturated rings. The summed E-state index contributed by atoms with van der Waals surface area (Å²) in [5.41, 5.74) is 4.71. The Morgan fingerprint density at radius 3 is 2.72 bits per heavy atom. The largest absolute Gasteiger partial charge is 0.364 e. The molecule has 0 aliphatic carbocycles. The van der Waals surface area contributed by atoms with Crippen molar-refractivity contribution in [2.45, 2.75) is 6.29 Å². The van der Waals surface area contributed by atoms with Gasteiger partial charge in [-0.05, 0) is 18.2 Å². The number of aliphatic hydroxyl groups excluding tert-OH is 1. The van der Waals surface area contributed by atoms with Gasteiger partial charge in [-0.3, -0.25) is 4.98 Å². The van der Waals surface area contributed by atoms with Crippen molar-refractivity contribution in [1.82, 2.24) is 19.6 Å². The third-order valence-corrected chi connectivity index (χ3v) is 4.01. The second-order valence-corrected chi connectivity index (χ2v) is 5.57. The van der Waals surface area contributed by atoms with Crippen LogP contribution in [0.15, 0.2) is 67.1 Å². The number of aromatic nitrogens is 4. The second-order valence-electron chi connectivity index (χ2n) is 5.57. The molecule has 1 atom stereocenters. The topological polar surface area (TPSA) is 72.5 Å². The number of methoxy groups -OCH3 is 1. The molecule has 1 N–H and O–H groups in total. The molecule has 0 bridgehead atoms. The molecule has 1 unspecified atom stereocenters. The van der Waals surface area contributed by atoms with E-state index in [9.17, 15) is 5.11 Å². The Balaban J connectivity index is 1.83. The average Bonchev–Trinajstić information content (AvgIpc) is 3.11. The highest BCUT2D eigenvalue weighted by atomic mass is 16.6. The number of hydrogen-bond acceptors (Lipinski definition) is 5. The van der Waals surface area contributed by atoms with Crippen molar-refractivity contribution in [2.24, 2.45) is 0 Å². The number of hydrogen-bond donors (Lipinski definition) is 1. The van der Waals surface area contributed by atoms with Crippen molar-refractivity contribution in [2.75, 3.05) is 7.11 Å². The third kappa shape index (κ3) is 2.88. The molecule has 1 aromatic carbocycles. The van der Waals surface area contributed by atoms with Crippen LogP contribution in [0, 0.1) is 0 Å². The average molecular weight is 332 g/mol. The zero-order chi connectivity index (χ0) is 17.2. The van der Waals surface area contributed by atoms with Crippen LogP contribution in [0.1, 0.15) is 11.9 Å². The number of pyridine rings is 1. The molecule has 0 amide bonds. The van der Waals surface area contributed by atoms with Gasteiger partial charge < -0.3 is 9.84 Å². The van der Waals surface area contributed by atoms with Crippen molar-refractivity contribution in [3.05, 3.63) is 72.7 Å². The van der Waals surface area contributed by atoms with E-state index in [1.165, 1.54) is 7.11 Å². The van der Waals surface area contributed by atoms with E-state index >= 15 is 0 Å². The number of nitrogens with zero attached hydrogens (tertiary/aromatic N) is 4. The molecular formula is C19H16N4O2. The van der Waals surface area contributed by atoms with Crippen molar-refractivity contribution < 1.29 is 9.84 Å². The summed E-state index contributed by atoms with van der Waals surface area (Å²) in [6.07, 6.45) is 4.25. The monoisotopic (exact) mass is 332 g/mol. The van der Waals surface area contributed by atoms with Gasteiger partial charge >= 0.3 is 0 Å². The van der Waals surface area contributed by atoms with E-state index in [0.29, 0.717) is 16.9 Å². The molecular weight excluding hydrogens is 316 g/mol. The van der Waals surface area contributed by atoms with E-state index in [1.54, 1.807) is 29.0 Å². The van der Waals surface area contributed by atoms with Gasteiger partial charge in [0.25, 0.3) is 0 Å². The fourth-order valence-corrected chi connectivity index (χ4v) is 2.70. The first-order chi connectivity index (χ1) is 12.3. The molecule has 0 radical (unpaired) electrons. The fourth-order valence-electron chi connectivity index (χ4n) is 2.70. The predicted octanol–water partition coefficient (Wildman–Crippen LogP) is 3.10. The predicted molar refractivity (Wildman–Crippen MR) is 93.6 cm³/mol. The molecule has 0 spiro atoms. The SMILES string of the molecule is COC(O)c1ccnc(-c2cnn3ccc(-c4ccccc4)nc23)c1. The number of rotatable bonds is 4. The van der Waals surface area contributed by atoms with Crippen LogP contribution >= 0.6 is 0 Å². The van der Waals surface area contributed by atoms with Gasteiger partial charge in [-0.1, -0.05) is 30.3 Å². The summed E-state index contributed by atoms with van der Waals surface area (Å²) < 4.78 is 6.68. The van der Waals surface area contributed by atoms with E-state index in [2.05, 4.69) is 10.1 Å². The lowest BCUT2D eigenvalue weighted by Gasteiger charge is -2.09. The van der Waals surface area contributed by atoms with Crippen molar-refractivity contribution in [3.63, 3.8) is 0 Å². The van der Waals surface area contributed by atoms with Gasteiger partial charge in [0.2, 0.25) is 0 Å². The standard InChI is InChI=1S/C19H16N4O2/c1-25-19(24)14-7-9-20-17(11-14)15-12-21-23-10-8-16(22-18(15)23)13-5-3-2-4-6-13/h2-12,19,24H,1H3. The Hall–Kier alpha value is -3.09. The highest BCUT2D eigenvalue weighted by Gasteiger charge is 2.13. The van der Waals surface area contributed by atoms with Crippen LogP contribution in [0.2, 0.25) is 0 Å². The van der Waals surface area contributed by atoms with Crippen LogP contribution in [0.5, 0.6) is 0 Å². The van der Waals surface area contributed by atoms with Gasteiger partial charge in [-0.15, -0.1) is 0 Å². The smallest absolute Gasteiger partial charge is 0.180 e. The molecule has 0 saturated carbocycles. The second kappa shape index (κ2) is 6.43. The maximum atomic E-state index is 9.87. The molecule has 3 heterocycles. The summed E-state index contributed by atoms with van der Waals surface area (Å²) in [6.45, 7) is 0. The van der Waals surface area contributed by atoms with Gasteiger partial charge in [0.1, 0.15) is 0 Å². The lowest BCUT2D eigenvalue weighted by Crippen LogP contribution is -2.00. The normalized spacial score (nSPS) is 12.4. The number of aliphatic hydroxyl groups is 1. The summed E-state index contributed by atoms with van der Waals surface area (Å²) in [4.78, 5) is 9.13. The van der Waals surface area contributed by atoms with E-state index in [0.717, 1.165) is 16.8 Å². The zero-order valence-electron chi connectivity index (χ0n) is 13.6. The first kappa shape index (κ1) is 15.4. The summed E-state index contributed by atoms with van der Waals surface area (Å²) in [5.74, 6) is 0. The molecule has 6 nitrogen and oxygen atoms in total. The van der Waals surface area contributed by atoms with E-state index < -0.39 is 6.29 Å². The molecule has 0 saturated heterocycles. The highest BCUT2D eigenvalue weighted by molar-refractivity contribution is 5.76.